The standard InChI is InChI=1S/C27H53Si4/c1-20-18-21(2)23(22(3)19-20)28-29(30(16,24(4,5)6)25(7,8)9)31(17,26(10,11)12)27(13,14)15/h18-19H,1-17H3/q-1. The highest BCUT2D eigenvalue weighted by Gasteiger charge is 2.57. The summed E-state index contributed by atoms with van der Waals surface area (Å²) in [5, 5.41) is 3.28. The fraction of sp³-hybridized carbons (Fsp3) is 0.778. The first-order valence-corrected chi connectivity index (χ1v) is 22.7. The SMILES string of the molecule is Cc1cc(C)c([Si-]=[Si]([Si](C)(C(C)(C)C)C(C)(C)C)[Si](C)(C(C)(C)C)C(C)(C)C)c(C)c1. The highest BCUT2D eigenvalue weighted by Crippen LogP contribution is 2.58. The summed E-state index contributed by atoms with van der Waals surface area (Å²) in [6.45, 7) is 43.1. The van der Waals surface area contributed by atoms with Gasteiger partial charge in [-0.15, -0.1) is 0 Å². The predicted octanol–water partition coefficient (Wildman–Crippen LogP) is 8.45. The van der Waals surface area contributed by atoms with Gasteiger partial charge in [0, 0.05) is 15.2 Å². The van der Waals surface area contributed by atoms with E-state index in [1.807, 2.05) is 0 Å². The van der Waals surface area contributed by atoms with Gasteiger partial charge in [-0.1, -0.05) is 125 Å². The summed E-state index contributed by atoms with van der Waals surface area (Å²) in [4.78, 5) is 0. The lowest BCUT2D eigenvalue weighted by molar-refractivity contribution is 0.627. The summed E-state index contributed by atoms with van der Waals surface area (Å²) in [5.41, 5.74) is 4.49. The summed E-state index contributed by atoms with van der Waals surface area (Å²) >= 11 is 0. The van der Waals surface area contributed by atoms with E-state index in [-0.39, 0.29) is 0 Å². The Labute approximate surface area is 201 Å². The molecule has 0 fully saturated rings. The minimum absolute atomic E-state index is 0.393. The minimum atomic E-state index is -1.70. The predicted molar refractivity (Wildman–Crippen MR) is 154 cm³/mol. The second-order valence-electron chi connectivity index (χ2n) is 14.5. The lowest BCUT2D eigenvalue weighted by atomic mass is 10.1. The largest absolute Gasteiger partial charge is 0.425 e. The van der Waals surface area contributed by atoms with Crippen LogP contribution in [-0.2, 0) is 0 Å². The van der Waals surface area contributed by atoms with Gasteiger partial charge in [-0.05, 0) is 40.9 Å². The van der Waals surface area contributed by atoms with Crippen molar-refractivity contribution in [2.45, 2.75) is 137 Å². The Kier molecular flexibility index (Phi) is 8.17. The highest BCUT2D eigenvalue weighted by atomic mass is 29.7. The van der Waals surface area contributed by atoms with Gasteiger partial charge in [0.15, 0.2) is 0 Å². The third-order valence-corrected chi connectivity index (χ3v) is 61.0. The lowest BCUT2D eigenvalue weighted by Gasteiger charge is -2.66. The molecule has 0 bridgehead atoms. The molecule has 31 heavy (non-hydrogen) atoms. The van der Waals surface area contributed by atoms with Gasteiger partial charge in [0.25, 0.3) is 0 Å². The summed E-state index contributed by atoms with van der Waals surface area (Å²) in [7, 11) is -2.39. The Morgan fingerprint density at radius 2 is 0.839 bits per heavy atom. The molecule has 1 aromatic carbocycles. The normalized spacial score (nSPS) is 14.6. The first kappa shape index (κ1) is 29.1. The van der Waals surface area contributed by atoms with Gasteiger partial charge in [0.05, 0.1) is 0 Å². The number of rotatable bonds is 3. The molecule has 178 valence electrons. The van der Waals surface area contributed by atoms with Crippen LogP contribution in [0, 0.1) is 20.8 Å². The van der Waals surface area contributed by atoms with Gasteiger partial charge in [-0.25, -0.2) is 12.1 Å². The second kappa shape index (κ2) is 8.70. The molecule has 4 heteroatoms. The van der Waals surface area contributed by atoms with Crippen molar-refractivity contribution in [3.8, 4) is 0 Å². The van der Waals surface area contributed by atoms with Crippen LogP contribution in [0.4, 0.5) is 0 Å². The van der Waals surface area contributed by atoms with Crippen molar-refractivity contribution in [1.29, 1.82) is 0 Å². The molecule has 0 aliphatic heterocycles. The van der Waals surface area contributed by atoms with Crippen LogP contribution in [0.5, 0.6) is 0 Å². The van der Waals surface area contributed by atoms with Gasteiger partial charge >= 0.3 is 0 Å². The third kappa shape index (κ3) is 5.12. The molecule has 0 unspecified atom stereocenters. The molecule has 1 rings (SSSR count). The minimum Gasteiger partial charge on any atom is -0.425 e. The average molecular weight is 490 g/mol. The first-order valence-electron chi connectivity index (χ1n) is 12.2. The van der Waals surface area contributed by atoms with E-state index in [2.05, 4.69) is 129 Å². The van der Waals surface area contributed by atoms with Crippen molar-refractivity contribution < 1.29 is 0 Å². The first-order chi connectivity index (χ1) is 13.4. The molecule has 0 N–H and O–H groups in total. The molecule has 0 spiro atoms. The van der Waals surface area contributed by atoms with Gasteiger partial charge < -0.3 is 8.61 Å². The molecule has 0 atom stereocenters. The number of hydrogen-bond donors (Lipinski definition) is 0. The summed E-state index contributed by atoms with van der Waals surface area (Å²) < 4.78 is 0. The molecule has 0 saturated carbocycles. The van der Waals surface area contributed by atoms with Crippen molar-refractivity contribution in [2.24, 2.45) is 0 Å². The maximum atomic E-state index is 2.83. The fourth-order valence-corrected chi connectivity index (χ4v) is 74.0. The molecule has 0 heterocycles. The molecule has 0 radical (unpaired) electrons. The maximum absolute atomic E-state index is 2.83. The van der Waals surface area contributed by atoms with E-state index in [9.17, 15) is 0 Å². The van der Waals surface area contributed by atoms with E-state index in [0.29, 0.717) is 20.2 Å². The van der Waals surface area contributed by atoms with Gasteiger partial charge in [0.2, 0.25) is 0 Å². The molecule has 0 amide bonds. The van der Waals surface area contributed by atoms with Crippen molar-refractivity contribution >= 4 is 35.9 Å². The van der Waals surface area contributed by atoms with Crippen LogP contribution in [0.25, 0.3) is 0 Å². The molecule has 1 aromatic rings. The molecule has 0 nitrogen and oxygen atoms in total. The van der Waals surface area contributed by atoms with Gasteiger partial charge in [-0.3, -0.25) is 0 Å². The van der Waals surface area contributed by atoms with Crippen LogP contribution >= 0.6 is 0 Å². The van der Waals surface area contributed by atoms with Crippen LogP contribution < -0.4 is 5.19 Å². The van der Waals surface area contributed by atoms with E-state index in [1.165, 1.54) is 16.7 Å². The van der Waals surface area contributed by atoms with Crippen LogP contribution in [0.2, 0.25) is 33.2 Å². The highest BCUT2D eigenvalue weighted by molar-refractivity contribution is 7.67. The summed E-state index contributed by atoms with van der Waals surface area (Å²) in [6.07, 6.45) is 0. The topological polar surface area (TPSA) is 0 Å². The molecule has 0 saturated heterocycles. The lowest BCUT2D eigenvalue weighted by Crippen LogP contribution is -2.73. The Hall–Kier alpha value is 0.0875. The second-order valence-corrected chi connectivity index (χ2v) is 42.3. The quantitative estimate of drug-likeness (QED) is 0.373. The smallest absolute Gasteiger partial charge is 0.0300 e. The number of aryl methyl sites for hydroxylation is 3. The van der Waals surface area contributed by atoms with E-state index in [4.69, 9.17) is 0 Å². The molecular formula is C27H53Si4-. The van der Waals surface area contributed by atoms with E-state index < -0.39 is 22.1 Å². The molecule has 0 aliphatic carbocycles. The average Bonchev–Trinajstić information content (AvgIpc) is 2.48. The number of hydrogen-bond acceptors (Lipinski definition) is 0. The Morgan fingerprint density at radius 3 is 1.06 bits per heavy atom. The Morgan fingerprint density at radius 1 is 0.581 bits per heavy atom. The van der Waals surface area contributed by atoms with E-state index >= 15 is 0 Å². The third-order valence-electron chi connectivity index (χ3n) is 8.93. The van der Waals surface area contributed by atoms with E-state index in [1.54, 1.807) is 5.19 Å². The van der Waals surface area contributed by atoms with Crippen LogP contribution in [-0.4, -0.2) is 30.7 Å². The Balaban J connectivity index is 4.35. The van der Waals surface area contributed by atoms with Gasteiger partial charge in [0.1, 0.15) is 0 Å². The summed E-state index contributed by atoms with van der Waals surface area (Å²) in [5.74, 6) is 0. The number of benzene rings is 1. The maximum Gasteiger partial charge on any atom is 0.0300 e. The van der Waals surface area contributed by atoms with Crippen LogP contribution in [0.15, 0.2) is 12.1 Å². The van der Waals surface area contributed by atoms with E-state index in [0.717, 1.165) is 8.61 Å². The van der Waals surface area contributed by atoms with Crippen LogP contribution in [0.3, 0.4) is 0 Å². The van der Waals surface area contributed by atoms with Crippen molar-refractivity contribution in [2.75, 3.05) is 0 Å². The summed E-state index contributed by atoms with van der Waals surface area (Å²) in [6, 6.07) is 4.88. The monoisotopic (exact) mass is 489 g/mol. The van der Waals surface area contributed by atoms with Crippen LogP contribution in [0.1, 0.15) is 99.8 Å². The fourth-order valence-electron chi connectivity index (χ4n) is 6.00. The van der Waals surface area contributed by atoms with Crippen molar-refractivity contribution in [3.63, 3.8) is 0 Å². The Bertz CT molecular complexity index is 743. The van der Waals surface area contributed by atoms with Crippen molar-refractivity contribution in [3.05, 3.63) is 28.8 Å². The molecule has 0 aromatic heterocycles. The van der Waals surface area contributed by atoms with Crippen molar-refractivity contribution in [1.82, 2.24) is 0 Å². The van der Waals surface area contributed by atoms with Gasteiger partial charge in [-0.2, -0.15) is 0 Å². The molecular weight excluding hydrogens is 437 g/mol. The zero-order valence-corrected chi connectivity index (χ0v) is 28.2. The zero-order chi connectivity index (χ0) is 25.0. The zero-order valence-electron chi connectivity index (χ0n) is 24.2. The molecule has 0 aliphatic rings.